The van der Waals surface area contributed by atoms with E-state index < -0.39 is 5.97 Å². The van der Waals surface area contributed by atoms with E-state index in [4.69, 9.17) is 4.74 Å². The number of carbonyl (C=O) groups is 3. The number of anilines is 1. The lowest BCUT2D eigenvalue weighted by molar-refractivity contribution is -0.133. The lowest BCUT2D eigenvalue weighted by atomic mass is 10.1. The molecule has 6 nitrogen and oxygen atoms in total. The largest absolute Gasteiger partial charge is 0.452 e. The highest BCUT2D eigenvalue weighted by Gasteiger charge is 2.24. The van der Waals surface area contributed by atoms with Gasteiger partial charge in [-0.15, -0.1) is 11.3 Å². The molecule has 120 valence electrons. The first-order valence-electron chi connectivity index (χ1n) is 7.22. The number of ether oxygens (including phenoxy) is 1. The van der Waals surface area contributed by atoms with E-state index in [2.05, 4.69) is 5.32 Å². The first kappa shape index (κ1) is 16.5. The van der Waals surface area contributed by atoms with Crippen molar-refractivity contribution in [3.63, 3.8) is 0 Å². The predicted molar refractivity (Wildman–Crippen MR) is 84.2 cm³/mol. The minimum Gasteiger partial charge on any atom is -0.452 e. The van der Waals surface area contributed by atoms with Crippen LogP contribution in [-0.4, -0.2) is 42.4 Å². The fourth-order valence-electron chi connectivity index (χ4n) is 2.38. The molecule has 0 radical (unpaired) electrons. The molecule has 1 saturated heterocycles. The highest BCUT2D eigenvalue weighted by atomic mass is 32.1. The van der Waals surface area contributed by atoms with E-state index in [-0.39, 0.29) is 18.4 Å². The number of nitrogens with zero attached hydrogens (tertiary/aromatic N) is 1. The van der Waals surface area contributed by atoms with Crippen LogP contribution in [0.5, 0.6) is 0 Å². The van der Waals surface area contributed by atoms with Gasteiger partial charge in [-0.1, -0.05) is 0 Å². The molecule has 0 aromatic carbocycles. The fourth-order valence-corrected chi connectivity index (χ4v) is 3.47. The number of carbonyl (C=O) groups excluding carboxylic acids is 3. The smallest absolute Gasteiger partial charge is 0.341 e. The van der Waals surface area contributed by atoms with E-state index in [0.717, 1.165) is 36.4 Å². The Balaban J connectivity index is 2.05. The summed E-state index contributed by atoms with van der Waals surface area (Å²) in [6, 6.07) is 0. The number of hydrogen-bond acceptors (Lipinski definition) is 5. The molecular weight excluding hydrogens is 304 g/mol. The first-order valence-corrected chi connectivity index (χ1v) is 8.04. The number of rotatable bonds is 4. The molecule has 0 spiro atoms. The Morgan fingerprint density at radius 2 is 1.86 bits per heavy atom. The SMILES string of the molecule is CC(=O)Nc1sc(C)c(C)c1C(=O)OCC(=O)N1CCCC1. The highest BCUT2D eigenvalue weighted by Crippen LogP contribution is 2.33. The third-order valence-electron chi connectivity index (χ3n) is 3.66. The molecule has 1 aromatic rings. The Bertz CT molecular complexity index is 603. The maximum Gasteiger partial charge on any atom is 0.341 e. The van der Waals surface area contributed by atoms with Gasteiger partial charge in [-0.3, -0.25) is 9.59 Å². The maximum atomic E-state index is 12.3. The summed E-state index contributed by atoms with van der Waals surface area (Å²) in [4.78, 5) is 38.0. The highest BCUT2D eigenvalue weighted by molar-refractivity contribution is 7.16. The average molecular weight is 324 g/mol. The van der Waals surface area contributed by atoms with Crippen molar-refractivity contribution in [2.24, 2.45) is 0 Å². The van der Waals surface area contributed by atoms with Gasteiger partial charge in [-0.25, -0.2) is 4.79 Å². The summed E-state index contributed by atoms with van der Waals surface area (Å²) < 4.78 is 5.14. The second-order valence-corrected chi connectivity index (χ2v) is 6.56. The van der Waals surface area contributed by atoms with Crippen LogP contribution in [0.15, 0.2) is 0 Å². The van der Waals surface area contributed by atoms with Crippen LogP contribution in [0.1, 0.15) is 40.6 Å². The number of nitrogens with one attached hydrogen (secondary N) is 1. The van der Waals surface area contributed by atoms with Crippen molar-refractivity contribution < 1.29 is 19.1 Å². The second-order valence-electron chi connectivity index (χ2n) is 5.33. The topological polar surface area (TPSA) is 75.7 Å². The molecule has 1 N–H and O–H groups in total. The fraction of sp³-hybridized carbons (Fsp3) is 0.533. The summed E-state index contributed by atoms with van der Waals surface area (Å²) in [6.45, 7) is 6.25. The minimum absolute atomic E-state index is 0.170. The molecule has 0 aliphatic carbocycles. The molecular formula is C15H20N2O4S. The maximum absolute atomic E-state index is 12.3. The monoisotopic (exact) mass is 324 g/mol. The Hall–Kier alpha value is -1.89. The molecule has 1 aliphatic rings. The molecule has 0 saturated carbocycles. The van der Waals surface area contributed by atoms with Crippen molar-refractivity contribution in [2.75, 3.05) is 25.0 Å². The number of hydrogen-bond donors (Lipinski definition) is 1. The van der Waals surface area contributed by atoms with E-state index in [1.54, 1.807) is 11.8 Å². The first-order chi connectivity index (χ1) is 10.4. The third-order valence-corrected chi connectivity index (χ3v) is 4.79. The predicted octanol–water partition coefficient (Wildman–Crippen LogP) is 2.10. The number of thiophene rings is 1. The molecule has 1 aromatic heterocycles. The lowest BCUT2D eigenvalue weighted by Gasteiger charge is -2.15. The summed E-state index contributed by atoms with van der Waals surface area (Å²) in [5.41, 5.74) is 1.11. The van der Waals surface area contributed by atoms with Gasteiger partial charge in [0.05, 0.1) is 5.56 Å². The summed E-state index contributed by atoms with van der Waals surface area (Å²) in [5.74, 6) is -0.988. The molecule has 1 aliphatic heterocycles. The van der Waals surface area contributed by atoms with Crippen LogP contribution < -0.4 is 5.32 Å². The van der Waals surface area contributed by atoms with Gasteiger partial charge in [0.1, 0.15) is 5.00 Å². The normalized spacial score (nSPS) is 14.0. The van der Waals surface area contributed by atoms with Gasteiger partial charge in [0, 0.05) is 24.9 Å². The van der Waals surface area contributed by atoms with Gasteiger partial charge in [0.15, 0.2) is 6.61 Å². The number of amides is 2. The Kier molecular flexibility index (Phi) is 5.18. The van der Waals surface area contributed by atoms with Crippen LogP contribution in [0.3, 0.4) is 0 Å². The zero-order valence-corrected chi connectivity index (χ0v) is 13.8. The Morgan fingerprint density at radius 3 is 2.45 bits per heavy atom. The van der Waals surface area contributed by atoms with E-state index in [9.17, 15) is 14.4 Å². The molecule has 2 heterocycles. The van der Waals surface area contributed by atoms with Gasteiger partial charge < -0.3 is 15.0 Å². The lowest BCUT2D eigenvalue weighted by Crippen LogP contribution is -2.32. The number of likely N-dealkylation sites (tertiary alicyclic amines) is 1. The zero-order chi connectivity index (χ0) is 16.3. The van der Waals surface area contributed by atoms with Crippen LogP contribution in [0, 0.1) is 13.8 Å². The van der Waals surface area contributed by atoms with Crippen molar-refractivity contribution in [2.45, 2.75) is 33.6 Å². The third kappa shape index (κ3) is 3.65. The van der Waals surface area contributed by atoms with Crippen LogP contribution in [0.2, 0.25) is 0 Å². The molecule has 2 amide bonds. The quantitative estimate of drug-likeness (QED) is 0.861. The Morgan fingerprint density at radius 1 is 1.23 bits per heavy atom. The van der Waals surface area contributed by atoms with Gasteiger partial charge in [0.2, 0.25) is 5.91 Å². The summed E-state index contributed by atoms with van der Waals surface area (Å²) in [5, 5.41) is 3.12. The molecule has 0 atom stereocenters. The summed E-state index contributed by atoms with van der Waals surface area (Å²) >= 11 is 1.33. The van der Waals surface area contributed by atoms with Gasteiger partial charge >= 0.3 is 5.97 Å². The van der Waals surface area contributed by atoms with Crippen molar-refractivity contribution >= 4 is 34.1 Å². The molecule has 7 heteroatoms. The van der Waals surface area contributed by atoms with E-state index in [1.807, 2.05) is 6.92 Å². The standard InChI is InChI=1S/C15H20N2O4S/c1-9-10(2)22-14(16-11(3)18)13(9)15(20)21-8-12(19)17-6-4-5-7-17/h4-8H2,1-3H3,(H,16,18). The van der Waals surface area contributed by atoms with Crippen molar-refractivity contribution in [1.82, 2.24) is 4.90 Å². The molecule has 0 unspecified atom stereocenters. The van der Waals surface area contributed by atoms with Gasteiger partial charge in [-0.2, -0.15) is 0 Å². The molecule has 0 bridgehead atoms. The molecule has 22 heavy (non-hydrogen) atoms. The van der Waals surface area contributed by atoms with Crippen molar-refractivity contribution in [1.29, 1.82) is 0 Å². The molecule has 2 rings (SSSR count). The zero-order valence-electron chi connectivity index (χ0n) is 13.0. The van der Waals surface area contributed by atoms with E-state index in [1.165, 1.54) is 18.3 Å². The molecule has 1 fully saturated rings. The van der Waals surface area contributed by atoms with Crippen molar-refractivity contribution in [3.8, 4) is 0 Å². The number of aryl methyl sites for hydroxylation is 1. The van der Waals surface area contributed by atoms with Crippen molar-refractivity contribution in [3.05, 3.63) is 16.0 Å². The van der Waals surface area contributed by atoms with Gasteiger partial charge in [-0.05, 0) is 32.3 Å². The van der Waals surface area contributed by atoms with E-state index in [0.29, 0.717) is 10.6 Å². The Labute approximate surface area is 133 Å². The van der Waals surface area contributed by atoms with Crippen LogP contribution >= 0.6 is 11.3 Å². The average Bonchev–Trinajstić information content (AvgIpc) is 3.05. The van der Waals surface area contributed by atoms with Gasteiger partial charge in [0.25, 0.3) is 5.91 Å². The minimum atomic E-state index is -0.571. The summed E-state index contributed by atoms with van der Waals surface area (Å²) in [7, 11) is 0. The van der Waals surface area contributed by atoms with E-state index >= 15 is 0 Å². The second kappa shape index (κ2) is 6.91. The van der Waals surface area contributed by atoms with Crippen LogP contribution in [-0.2, 0) is 14.3 Å². The summed E-state index contributed by atoms with van der Waals surface area (Å²) in [6.07, 6.45) is 1.99. The number of esters is 1. The van der Waals surface area contributed by atoms with Crippen LogP contribution in [0.4, 0.5) is 5.00 Å². The van der Waals surface area contributed by atoms with Crippen LogP contribution in [0.25, 0.3) is 0 Å².